The molecule has 0 spiro atoms. The molecule has 5 heteroatoms. The summed E-state index contributed by atoms with van der Waals surface area (Å²) in [7, 11) is 0. The first-order valence-electron chi connectivity index (χ1n) is 5.09. The van der Waals surface area contributed by atoms with E-state index in [4.69, 9.17) is 11.1 Å². The number of benzene rings is 1. The Kier molecular flexibility index (Phi) is 3.72. The molecular formula is C12H12N4S. The summed E-state index contributed by atoms with van der Waals surface area (Å²) in [6, 6.07) is 9.44. The van der Waals surface area contributed by atoms with Crippen LogP contribution in [0.15, 0.2) is 47.9 Å². The molecule has 3 N–H and O–H groups in total. The molecule has 2 rings (SSSR count). The third kappa shape index (κ3) is 3.29. The highest BCUT2D eigenvalue weighted by Gasteiger charge is 2.01. The molecule has 17 heavy (non-hydrogen) atoms. The fourth-order valence-electron chi connectivity index (χ4n) is 1.34. The van der Waals surface area contributed by atoms with Crippen LogP contribution in [0.3, 0.4) is 0 Å². The Labute approximate surface area is 104 Å². The molecular weight excluding hydrogens is 232 g/mol. The second kappa shape index (κ2) is 5.45. The number of hydrogen-bond acceptors (Lipinski definition) is 4. The summed E-state index contributed by atoms with van der Waals surface area (Å²) < 4.78 is 0. The summed E-state index contributed by atoms with van der Waals surface area (Å²) in [5.74, 6) is 0.860. The summed E-state index contributed by atoms with van der Waals surface area (Å²) in [6.07, 6.45) is 3.45. The number of thioether (sulfide) groups is 1. The third-order valence-corrected chi connectivity index (χ3v) is 3.09. The Bertz CT molecular complexity index is 513. The largest absolute Gasteiger partial charge is 0.384 e. The summed E-state index contributed by atoms with van der Waals surface area (Å²) in [6.45, 7) is 0. The predicted octanol–water partition coefficient (Wildman–Crippen LogP) is 2.05. The Morgan fingerprint density at radius 2 is 2.00 bits per heavy atom. The van der Waals surface area contributed by atoms with Crippen molar-refractivity contribution in [3.05, 3.63) is 53.9 Å². The van der Waals surface area contributed by atoms with E-state index in [1.807, 2.05) is 24.3 Å². The average Bonchev–Trinajstić information content (AvgIpc) is 2.38. The van der Waals surface area contributed by atoms with Crippen molar-refractivity contribution >= 4 is 17.6 Å². The number of rotatable bonds is 4. The van der Waals surface area contributed by atoms with Gasteiger partial charge in [0.2, 0.25) is 0 Å². The summed E-state index contributed by atoms with van der Waals surface area (Å²) in [5.41, 5.74) is 7.30. The molecule has 0 bridgehead atoms. The molecule has 1 aromatic heterocycles. The van der Waals surface area contributed by atoms with Crippen molar-refractivity contribution in [2.75, 3.05) is 0 Å². The zero-order valence-corrected chi connectivity index (χ0v) is 9.95. The number of nitrogens with two attached hydrogens (primary N) is 1. The third-order valence-electron chi connectivity index (χ3n) is 2.15. The molecule has 0 aliphatic rings. The van der Waals surface area contributed by atoms with Gasteiger partial charge in [-0.2, -0.15) is 0 Å². The second-order valence-corrected chi connectivity index (χ2v) is 4.38. The van der Waals surface area contributed by atoms with Crippen molar-refractivity contribution in [3.8, 4) is 0 Å². The quantitative estimate of drug-likeness (QED) is 0.373. The van der Waals surface area contributed by atoms with Crippen molar-refractivity contribution in [1.29, 1.82) is 5.41 Å². The first-order valence-corrected chi connectivity index (χ1v) is 6.07. The maximum absolute atomic E-state index is 7.37. The highest BCUT2D eigenvalue weighted by atomic mass is 32.2. The highest BCUT2D eigenvalue weighted by Crippen LogP contribution is 2.18. The molecule has 1 aromatic carbocycles. The van der Waals surface area contributed by atoms with Gasteiger partial charge in [-0.15, -0.1) is 0 Å². The number of amidine groups is 1. The predicted molar refractivity (Wildman–Crippen MR) is 69.1 cm³/mol. The van der Waals surface area contributed by atoms with E-state index >= 15 is 0 Å². The standard InChI is InChI=1S/C12H12N4S/c13-11(14)10-4-1-3-9(7-10)8-17-12-15-5-2-6-16-12/h1-7H,8H2,(H3,13,14). The van der Waals surface area contributed by atoms with Crippen LogP contribution in [0.5, 0.6) is 0 Å². The lowest BCUT2D eigenvalue weighted by molar-refractivity contribution is 0.966. The van der Waals surface area contributed by atoms with Gasteiger partial charge >= 0.3 is 0 Å². The van der Waals surface area contributed by atoms with Crippen molar-refractivity contribution < 1.29 is 0 Å². The Morgan fingerprint density at radius 1 is 1.24 bits per heavy atom. The van der Waals surface area contributed by atoms with Gasteiger partial charge in [-0.1, -0.05) is 30.0 Å². The lowest BCUT2D eigenvalue weighted by Gasteiger charge is -2.03. The van der Waals surface area contributed by atoms with Gasteiger partial charge in [0, 0.05) is 23.7 Å². The van der Waals surface area contributed by atoms with Crippen LogP contribution in [-0.4, -0.2) is 15.8 Å². The topological polar surface area (TPSA) is 75.7 Å². The van der Waals surface area contributed by atoms with E-state index in [-0.39, 0.29) is 5.84 Å². The molecule has 4 nitrogen and oxygen atoms in total. The number of nitrogens with one attached hydrogen (secondary N) is 1. The fourth-order valence-corrected chi connectivity index (χ4v) is 2.08. The average molecular weight is 244 g/mol. The van der Waals surface area contributed by atoms with Gasteiger partial charge in [0.25, 0.3) is 0 Å². The number of hydrogen-bond donors (Lipinski definition) is 2. The van der Waals surface area contributed by atoms with Crippen LogP contribution in [0, 0.1) is 5.41 Å². The molecule has 0 aliphatic heterocycles. The van der Waals surface area contributed by atoms with Crippen LogP contribution in [0.1, 0.15) is 11.1 Å². The van der Waals surface area contributed by atoms with E-state index in [1.54, 1.807) is 30.2 Å². The smallest absolute Gasteiger partial charge is 0.187 e. The molecule has 1 heterocycles. The fraction of sp³-hybridized carbons (Fsp3) is 0.0833. The summed E-state index contributed by atoms with van der Waals surface area (Å²) >= 11 is 1.56. The van der Waals surface area contributed by atoms with E-state index in [2.05, 4.69) is 9.97 Å². The van der Waals surface area contributed by atoms with Gasteiger partial charge in [0.15, 0.2) is 5.16 Å². The lowest BCUT2D eigenvalue weighted by Crippen LogP contribution is -2.10. The normalized spacial score (nSPS) is 10.1. The molecule has 0 radical (unpaired) electrons. The zero-order valence-electron chi connectivity index (χ0n) is 9.13. The van der Waals surface area contributed by atoms with Gasteiger partial charge in [-0.05, 0) is 17.7 Å². The van der Waals surface area contributed by atoms with Crippen molar-refractivity contribution in [2.24, 2.45) is 5.73 Å². The van der Waals surface area contributed by atoms with Crippen LogP contribution in [-0.2, 0) is 5.75 Å². The van der Waals surface area contributed by atoms with Crippen LogP contribution < -0.4 is 5.73 Å². The maximum atomic E-state index is 7.37. The van der Waals surface area contributed by atoms with Crippen molar-refractivity contribution in [2.45, 2.75) is 10.9 Å². The monoisotopic (exact) mass is 244 g/mol. The number of nitrogen functional groups attached to an aromatic ring is 1. The molecule has 0 fully saturated rings. The van der Waals surface area contributed by atoms with Crippen LogP contribution in [0.25, 0.3) is 0 Å². The molecule has 0 aliphatic carbocycles. The van der Waals surface area contributed by atoms with E-state index in [9.17, 15) is 0 Å². The SMILES string of the molecule is N=C(N)c1cccc(CSc2ncccn2)c1. The van der Waals surface area contributed by atoms with E-state index in [0.29, 0.717) is 0 Å². The van der Waals surface area contributed by atoms with Gasteiger partial charge in [0.05, 0.1) is 0 Å². The Balaban J connectivity index is 2.04. The van der Waals surface area contributed by atoms with Gasteiger partial charge in [-0.3, -0.25) is 5.41 Å². The van der Waals surface area contributed by atoms with Crippen molar-refractivity contribution in [1.82, 2.24) is 9.97 Å². The Hall–Kier alpha value is -1.88. The zero-order chi connectivity index (χ0) is 12.1. The number of nitrogens with zero attached hydrogens (tertiary/aromatic N) is 2. The van der Waals surface area contributed by atoms with Gasteiger partial charge in [0.1, 0.15) is 5.84 Å². The highest BCUT2D eigenvalue weighted by molar-refractivity contribution is 7.98. The maximum Gasteiger partial charge on any atom is 0.187 e. The van der Waals surface area contributed by atoms with Gasteiger partial charge < -0.3 is 5.73 Å². The molecule has 2 aromatic rings. The van der Waals surface area contributed by atoms with Crippen molar-refractivity contribution in [3.63, 3.8) is 0 Å². The van der Waals surface area contributed by atoms with Gasteiger partial charge in [-0.25, -0.2) is 9.97 Å². The van der Waals surface area contributed by atoms with E-state index in [1.165, 1.54) is 0 Å². The van der Waals surface area contributed by atoms with E-state index in [0.717, 1.165) is 22.0 Å². The minimum Gasteiger partial charge on any atom is -0.384 e. The minimum atomic E-state index is 0.0906. The Morgan fingerprint density at radius 3 is 2.71 bits per heavy atom. The summed E-state index contributed by atoms with van der Waals surface area (Å²) in [4.78, 5) is 8.27. The molecule has 0 unspecified atom stereocenters. The van der Waals surface area contributed by atoms with Crippen LogP contribution >= 0.6 is 11.8 Å². The first-order chi connectivity index (χ1) is 8.25. The van der Waals surface area contributed by atoms with E-state index < -0.39 is 0 Å². The number of aromatic nitrogens is 2. The van der Waals surface area contributed by atoms with Crippen LogP contribution in [0.4, 0.5) is 0 Å². The van der Waals surface area contributed by atoms with Crippen LogP contribution in [0.2, 0.25) is 0 Å². The molecule has 0 amide bonds. The lowest BCUT2D eigenvalue weighted by atomic mass is 10.1. The molecule has 86 valence electrons. The summed E-state index contributed by atoms with van der Waals surface area (Å²) in [5, 5.41) is 8.13. The second-order valence-electron chi connectivity index (χ2n) is 3.43. The molecule has 0 saturated heterocycles. The first kappa shape index (κ1) is 11.6. The molecule has 0 atom stereocenters. The minimum absolute atomic E-state index is 0.0906. The molecule has 0 saturated carbocycles.